The molecule has 3 nitrogen and oxygen atoms in total. The van der Waals surface area contributed by atoms with E-state index in [1.165, 1.54) is 14.7 Å². The van der Waals surface area contributed by atoms with E-state index in [0.717, 1.165) is 38.3 Å². The lowest BCUT2D eigenvalue weighted by molar-refractivity contribution is 0.0628. The van der Waals surface area contributed by atoms with E-state index in [0.29, 0.717) is 0 Å². The minimum absolute atomic E-state index is 0.152. The zero-order chi connectivity index (χ0) is 16.2. The average molecular weight is 420 g/mol. The van der Waals surface area contributed by atoms with Gasteiger partial charge in [-0.15, -0.1) is 0 Å². The van der Waals surface area contributed by atoms with E-state index >= 15 is 0 Å². The Morgan fingerprint density at radius 2 is 1.74 bits per heavy atom. The van der Waals surface area contributed by atoms with E-state index in [9.17, 15) is 4.79 Å². The maximum Gasteiger partial charge on any atom is 0.253 e. The van der Waals surface area contributed by atoms with Crippen molar-refractivity contribution in [1.29, 1.82) is 0 Å². The van der Waals surface area contributed by atoms with E-state index in [1.807, 2.05) is 36.1 Å². The number of halogens is 1. The number of carbonyl (C=O) groups excluding carboxylic acids is 1. The van der Waals surface area contributed by atoms with Crippen LogP contribution in [0.4, 0.5) is 0 Å². The van der Waals surface area contributed by atoms with Crippen LogP contribution in [0.1, 0.15) is 21.5 Å². The molecule has 1 amide bonds. The lowest BCUT2D eigenvalue weighted by Crippen LogP contribution is -2.48. The fourth-order valence-electron chi connectivity index (χ4n) is 2.88. The van der Waals surface area contributed by atoms with Crippen LogP contribution in [0.3, 0.4) is 0 Å². The first-order chi connectivity index (χ1) is 11.1. The Morgan fingerprint density at radius 1 is 1.04 bits per heavy atom. The molecule has 0 bridgehead atoms. The molecule has 1 heterocycles. The van der Waals surface area contributed by atoms with Crippen molar-refractivity contribution < 1.29 is 4.79 Å². The van der Waals surface area contributed by atoms with Gasteiger partial charge in [0.2, 0.25) is 0 Å². The van der Waals surface area contributed by atoms with Gasteiger partial charge in [-0.1, -0.05) is 29.8 Å². The second kappa shape index (κ2) is 7.45. The number of hydrogen-bond donors (Lipinski definition) is 0. The highest BCUT2D eigenvalue weighted by atomic mass is 127. The molecule has 0 aromatic heterocycles. The first kappa shape index (κ1) is 16.5. The SMILES string of the molecule is Cc1ccc(C(=O)N2CCN(Cc3cccc(I)c3)CC2)cc1. The third kappa shape index (κ3) is 4.32. The van der Waals surface area contributed by atoms with Crippen molar-refractivity contribution >= 4 is 28.5 Å². The van der Waals surface area contributed by atoms with Gasteiger partial charge in [-0.05, 0) is 59.3 Å². The highest BCUT2D eigenvalue weighted by Gasteiger charge is 2.22. The van der Waals surface area contributed by atoms with Crippen LogP contribution in [0.25, 0.3) is 0 Å². The first-order valence-corrected chi connectivity index (χ1v) is 9.02. The molecule has 0 atom stereocenters. The van der Waals surface area contributed by atoms with Crippen LogP contribution in [0.2, 0.25) is 0 Å². The summed E-state index contributed by atoms with van der Waals surface area (Å²) in [6, 6.07) is 16.5. The molecule has 23 heavy (non-hydrogen) atoms. The predicted molar refractivity (Wildman–Crippen MR) is 102 cm³/mol. The number of piperazine rings is 1. The Labute approximate surface area is 151 Å². The fraction of sp³-hybridized carbons (Fsp3) is 0.316. The van der Waals surface area contributed by atoms with E-state index in [4.69, 9.17) is 0 Å². The van der Waals surface area contributed by atoms with Crippen molar-refractivity contribution in [3.8, 4) is 0 Å². The van der Waals surface area contributed by atoms with Gasteiger partial charge in [-0.25, -0.2) is 0 Å². The topological polar surface area (TPSA) is 23.6 Å². The quantitative estimate of drug-likeness (QED) is 0.710. The van der Waals surface area contributed by atoms with Gasteiger partial charge in [0.15, 0.2) is 0 Å². The zero-order valence-electron chi connectivity index (χ0n) is 13.3. The lowest BCUT2D eigenvalue weighted by Gasteiger charge is -2.34. The summed E-state index contributed by atoms with van der Waals surface area (Å²) in [6.45, 7) is 6.47. The van der Waals surface area contributed by atoms with Gasteiger partial charge < -0.3 is 4.90 Å². The second-order valence-corrected chi connectivity index (χ2v) is 7.31. The van der Waals surface area contributed by atoms with Gasteiger partial charge >= 0.3 is 0 Å². The van der Waals surface area contributed by atoms with Gasteiger partial charge in [0.05, 0.1) is 0 Å². The van der Waals surface area contributed by atoms with Gasteiger partial charge in [0.25, 0.3) is 5.91 Å². The van der Waals surface area contributed by atoms with Crippen molar-refractivity contribution in [2.75, 3.05) is 26.2 Å². The fourth-order valence-corrected chi connectivity index (χ4v) is 3.49. The molecule has 1 aliphatic rings. The van der Waals surface area contributed by atoms with Gasteiger partial charge in [-0.3, -0.25) is 9.69 Å². The molecule has 0 unspecified atom stereocenters. The summed E-state index contributed by atoms with van der Waals surface area (Å²) in [6.07, 6.45) is 0. The number of amides is 1. The molecule has 0 aliphatic carbocycles. The maximum absolute atomic E-state index is 12.5. The van der Waals surface area contributed by atoms with Gasteiger partial charge in [0, 0.05) is 41.9 Å². The Bertz CT molecular complexity index is 676. The first-order valence-electron chi connectivity index (χ1n) is 7.94. The predicted octanol–water partition coefficient (Wildman–Crippen LogP) is 3.56. The Balaban J connectivity index is 1.55. The third-order valence-electron chi connectivity index (χ3n) is 4.25. The van der Waals surface area contributed by atoms with Crippen molar-refractivity contribution in [3.05, 3.63) is 68.8 Å². The summed E-state index contributed by atoms with van der Waals surface area (Å²) in [5, 5.41) is 0. The summed E-state index contributed by atoms with van der Waals surface area (Å²) in [7, 11) is 0. The molecular formula is C19H21IN2O. The van der Waals surface area contributed by atoms with Crippen LogP contribution in [-0.4, -0.2) is 41.9 Å². The Morgan fingerprint density at radius 3 is 2.39 bits per heavy atom. The van der Waals surface area contributed by atoms with Crippen molar-refractivity contribution in [2.45, 2.75) is 13.5 Å². The molecule has 0 N–H and O–H groups in total. The number of aryl methyl sites for hydroxylation is 1. The standard InChI is InChI=1S/C19H21IN2O/c1-15-5-7-17(8-6-15)19(23)22-11-9-21(10-12-22)14-16-3-2-4-18(20)13-16/h2-8,13H,9-12,14H2,1H3. The zero-order valence-corrected chi connectivity index (χ0v) is 15.5. The van der Waals surface area contributed by atoms with Gasteiger partial charge in [-0.2, -0.15) is 0 Å². The van der Waals surface area contributed by atoms with Crippen molar-refractivity contribution in [2.24, 2.45) is 0 Å². The number of benzene rings is 2. The molecule has 2 aromatic carbocycles. The lowest BCUT2D eigenvalue weighted by atomic mass is 10.1. The highest BCUT2D eigenvalue weighted by molar-refractivity contribution is 14.1. The van der Waals surface area contributed by atoms with Crippen LogP contribution in [0.5, 0.6) is 0 Å². The molecule has 0 radical (unpaired) electrons. The van der Waals surface area contributed by atoms with Crippen LogP contribution in [0, 0.1) is 10.5 Å². The van der Waals surface area contributed by atoms with Gasteiger partial charge in [0.1, 0.15) is 0 Å². The second-order valence-electron chi connectivity index (χ2n) is 6.06. The van der Waals surface area contributed by atoms with Crippen LogP contribution < -0.4 is 0 Å². The molecule has 1 saturated heterocycles. The molecular weight excluding hydrogens is 399 g/mol. The minimum atomic E-state index is 0.152. The summed E-state index contributed by atoms with van der Waals surface area (Å²) in [5.41, 5.74) is 3.32. The third-order valence-corrected chi connectivity index (χ3v) is 4.92. The number of nitrogens with zero attached hydrogens (tertiary/aromatic N) is 2. The normalized spacial score (nSPS) is 15.7. The Kier molecular flexibility index (Phi) is 5.33. The molecule has 120 valence electrons. The molecule has 4 heteroatoms. The van der Waals surface area contributed by atoms with E-state index in [1.54, 1.807) is 0 Å². The summed E-state index contributed by atoms with van der Waals surface area (Å²) in [4.78, 5) is 16.9. The van der Waals surface area contributed by atoms with E-state index < -0.39 is 0 Å². The molecule has 1 aliphatic heterocycles. The molecule has 0 spiro atoms. The van der Waals surface area contributed by atoms with Crippen molar-refractivity contribution in [3.63, 3.8) is 0 Å². The molecule has 1 fully saturated rings. The average Bonchev–Trinajstić information content (AvgIpc) is 2.56. The minimum Gasteiger partial charge on any atom is -0.336 e. The molecule has 0 saturated carbocycles. The molecule has 3 rings (SSSR count). The largest absolute Gasteiger partial charge is 0.336 e. The van der Waals surface area contributed by atoms with Crippen LogP contribution in [-0.2, 0) is 6.54 Å². The summed E-state index contributed by atoms with van der Waals surface area (Å²) >= 11 is 2.35. The van der Waals surface area contributed by atoms with E-state index in [-0.39, 0.29) is 5.91 Å². The van der Waals surface area contributed by atoms with Crippen molar-refractivity contribution in [1.82, 2.24) is 9.80 Å². The monoisotopic (exact) mass is 420 g/mol. The number of hydrogen-bond acceptors (Lipinski definition) is 2. The number of rotatable bonds is 3. The van der Waals surface area contributed by atoms with Crippen LogP contribution >= 0.6 is 22.6 Å². The summed E-state index contributed by atoms with van der Waals surface area (Å²) < 4.78 is 1.27. The maximum atomic E-state index is 12.5. The summed E-state index contributed by atoms with van der Waals surface area (Å²) in [5.74, 6) is 0.152. The molecule has 2 aromatic rings. The van der Waals surface area contributed by atoms with Crippen LogP contribution in [0.15, 0.2) is 48.5 Å². The Hall–Kier alpha value is -1.40. The van der Waals surface area contributed by atoms with E-state index in [2.05, 4.69) is 51.8 Å². The number of carbonyl (C=O) groups is 1. The highest BCUT2D eigenvalue weighted by Crippen LogP contribution is 2.14. The smallest absolute Gasteiger partial charge is 0.253 e.